The predicted octanol–water partition coefficient (Wildman–Crippen LogP) is 1.65. The monoisotopic (exact) mass is 200 g/mol. The molecule has 14 heavy (non-hydrogen) atoms. The molecule has 0 aliphatic carbocycles. The predicted molar refractivity (Wildman–Crippen MR) is 54.2 cm³/mol. The summed E-state index contributed by atoms with van der Waals surface area (Å²) in [5, 5.41) is 0. The van der Waals surface area contributed by atoms with Crippen molar-refractivity contribution in [2.24, 2.45) is 11.3 Å². The zero-order valence-corrected chi connectivity index (χ0v) is 9.66. The Bertz CT molecular complexity index is 217. The normalized spacial score (nSPS) is 33.4. The van der Waals surface area contributed by atoms with Crippen LogP contribution in [0.2, 0.25) is 0 Å². The van der Waals surface area contributed by atoms with E-state index in [4.69, 9.17) is 9.47 Å². The molecule has 0 N–H and O–H groups in total. The third kappa shape index (κ3) is 2.15. The van der Waals surface area contributed by atoms with E-state index >= 15 is 0 Å². The summed E-state index contributed by atoms with van der Waals surface area (Å²) in [5.41, 5.74) is -0.311. The van der Waals surface area contributed by atoms with Crippen LogP contribution in [0.15, 0.2) is 0 Å². The molecule has 0 aromatic carbocycles. The van der Waals surface area contributed by atoms with Gasteiger partial charge in [-0.05, 0) is 6.92 Å². The van der Waals surface area contributed by atoms with Crippen molar-refractivity contribution in [2.75, 3.05) is 13.7 Å². The molecule has 1 saturated heterocycles. The van der Waals surface area contributed by atoms with Crippen molar-refractivity contribution in [3.05, 3.63) is 0 Å². The highest BCUT2D eigenvalue weighted by Gasteiger charge is 2.42. The molecule has 0 unspecified atom stereocenters. The molecule has 1 rings (SSSR count). The first-order valence-electron chi connectivity index (χ1n) is 5.06. The number of Topliss-reactive ketones (excluding diaryl/α,β-unsaturated/α-hetero) is 1. The smallest absolute Gasteiger partial charge is 0.146 e. The highest BCUT2D eigenvalue weighted by Crippen LogP contribution is 2.30. The van der Waals surface area contributed by atoms with E-state index in [9.17, 15) is 4.79 Å². The van der Waals surface area contributed by atoms with Crippen LogP contribution in [-0.2, 0) is 14.3 Å². The average molecular weight is 200 g/mol. The standard InChI is InChI=1S/C11H20O3/c1-7-9(13-5)8(6-14-7)10(12)11(2,3)4/h7-9H,6H2,1-5H3/t7-,8+,9+/m1/s1. The fourth-order valence-electron chi connectivity index (χ4n) is 1.91. The summed E-state index contributed by atoms with van der Waals surface area (Å²) in [7, 11) is 1.64. The van der Waals surface area contributed by atoms with Crippen molar-refractivity contribution in [3.63, 3.8) is 0 Å². The van der Waals surface area contributed by atoms with Crippen LogP contribution in [0.5, 0.6) is 0 Å². The van der Waals surface area contributed by atoms with Crippen molar-refractivity contribution in [3.8, 4) is 0 Å². The Balaban J connectivity index is 2.74. The van der Waals surface area contributed by atoms with Gasteiger partial charge < -0.3 is 9.47 Å². The van der Waals surface area contributed by atoms with Crippen LogP contribution in [0.4, 0.5) is 0 Å². The van der Waals surface area contributed by atoms with Crippen LogP contribution in [0.25, 0.3) is 0 Å². The fourth-order valence-corrected chi connectivity index (χ4v) is 1.91. The second-order valence-electron chi connectivity index (χ2n) is 4.96. The Morgan fingerprint density at radius 1 is 1.43 bits per heavy atom. The molecule has 3 nitrogen and oxygen atoms in total. The van der Waals surface area contributed by atoms with Gasteiger partial charge in [0.1, 0.15) is 5.78 Å². The summed E-state index contributed by atoms with van der Waals surface area (Å²) >= 11 is 0. The summed E-state index contributed by atoms with van der Waals surface area (Å²) in [6.07, 6.45) is -0.0574. The quantitative estimate of drug-likeness (QED) is 0.680. The lowest BCUT2D eigenvalue weighted by molar-refractivity contribution is -0.133. The minimum atomic E-state index is -0.311. The molecule has 0 bridgehead atoms. The Hall–Kier alpha value is -0.410. The molecule has 1 aliphatic rings. The first-order chi connectivity index (χ1) is 6.38. The molecule has 0 aromatic rings. The molecule has 0 saturated carbocycles. The molecular weight excluding hydrogens is 180 g/mol. The van der Waals surface area contributed by atoms with E-state index in [1.165, 1.54) is 0 Å². The molecule has 1 heterocycles. The van der Waals surface area contributed by atoms with Crippen LogP contribution in [-0.4, -0.2) is 31.7 Å². The summed E-state index contributed by atoms with van der Waals surface area (Å²) in [5.74, 6) is 0.128. The van der Waals surface area contributed by atoms with Crippen molar-refractivity contribution in [2.45, 2.75) is 39.9 Å². The molecular formula is C11H20O3. The molecule has 3 heteroatoms. The summed E-state index contributed by atoms with van der Waals surface area (Å²) in [6, 6.07) is 0. The van der Waals surface area contributed by atoms with Gasteiger partial charge >= 0.3 is 0 Å². The molecule has 0 spiro atoms. The lowest BCUT2D eigenvalue weighted by Crippen LogP contribution is -2.37. The molecule has 0 radical (unpaired) electrons. The van der Waals surface area contributed by atoms with Crippen LogP contribution < -0.4 is 0 Å². The van der Waals surface area contributed by atoms with Gasteiger partial charge in [-0.25, -0.2) is 0 Å². The van der Waals surface area contributed by atoms with Crippen molar-refractivity contribution < 1.29 is 14.3 Å². The van der Waals surface area contributed by atoms with Crippen LogP contribution in [0, 0.1) is 11.3 Å². The molecule has 3 atom stereocenters. The second-order valence-corrected chi connectivity index (χ2v) is 4.96. The van der Waals surface area contributed by atoms with Gasteiger partial charge in [0, 0.05) is 12.5 Å². The van der Waals surface area contributed by atoms with E-state index in [0.29, 0.717) is 6.61 Å². The van der Waals surface area contributed by atoms with Crippen LogP contribution >= 0.6 is 0 Å². The van der Waals surface area contributed by atoms with Crippen LogP contribution in [0.3, 0.4) is 0 Å². The molecule has 1 fully saturated rings. The number of rotatable bonds is 2. The van der Waals surface area contributed by atoms with E-state index in [0.717, 1.165) is 0 Å². The highest BCUT2D eigenvalue weighted by atomic mass is 16.5. The number of hydrogen-bond acceptors (Lipinski definition) is 3. The Morgan fingerprint density at radius 3 is 2.43 bits per heavy atom. The van der Waals surface area contributed by atoms with Crippen molar-refractivity contribution in [1.29, 1.82) is 0 Å². The maximum absolute atomic E-state index is 12.0. The Morgan fingerprint density at radius 2 is 2.00 bits per heavy atom. The Labute approximate surface area is 85.8 Å². The second kappa shape index (κ2) is 3.99. The minimum Gasteiger partial charge on any atom is -0.378 e. The lowest BCUT2D eigenvalue weighted by atomic mass is 9.81. The number of hydrogen-bond donors (Lipinski definition) is 0. The number of ketones is 1. The van der Waals surface area contributed by atoms with Crippen molar-refractivity contribution >= 4 is 5.78 Å². The average Bonchev–Trinajstić information content (AvgIpc) is 2.43. The van der Waals surface area contributed by atoms with E-state index in [1.807, 2.05) is 27.7 Å². The van der Waals surface area contributed by atoms with Gasteiger partial charge in [-0.3, -0.25) is 4.79 Å². The van der Waals surface area contributed by atoms with Gasteiger partial charge in [-0.15, -0.1) is 0 Å². The van der Waals surface area contributed by atoms with E-state index in [2.05, 4.69) is 0 Å². The van der Waals surface area contributed by atoms with E-state index < -0.39 is 0 Å². The van der Waals surface area contributed by atoms with Crippen molar-refractivity contribution in [1.82, 2.24) is 0 Å². The van der Waals surface area contributed by atoms with E-state index in [1.54, 1.807) is 7.11 Å². The largest absolute Gasteiger partial charge is 0.378 e. The maximum atomic E-state index is 12.0. The first-order valence-corrected chi connectivity index (χ1v) is 5.06. The number of carbonyl (C=O) groups excluding carboxylic acids is 1. The number of ether oxygens (including phenoxy) is 2. The maximum Gasteiger partial charge on any atom is 0.146 e. The third-order valence-corrected chi connectivity index (χ3v) is 2.75. The Kier molecular flexibility index (Phi) is 3.32. The molecule has 0 amide bonds. The minimum absolute atomic E-state index is 0.0244. The van der Waals surface area contributed by atoms with E-state index in [-0.39, 0.29) is 29.3 Å². The molecule has 82 valence electrons. The summed E-state index contributed by atoms with van der Waals surface area (Å²) < 4.78 is 10.7. The van der Waals surface area contributed by atoms with Gasteiger partial charge in [0.2, 0.25) is 0 Å². The third-order valence-electron chi connectivity index (χ3n) is 2.75. The SMILES string of the molecule is CO[C@@H]1[C@@H](C(=O)C(C)(C)C)CO[C@@H]1C. The summed E-state index contributed by atoms with van der Waals surface area (Å²) in [4.78, 5) is 12.0. The van der Waals surface area contributed by atoms with Gasteiger partial charge in [0.15, 0.2) is 0 Å². The molecule has 0 aromatic heterocycles. The number of carbonyl (C=O) groups is 1. The molecule has 1 aliphatic heterocycles. The van der Waals surface area contributed by atoms with Gasteiger partial charge in [-0.1, -0.05) is 20.8 Å². The first kappa shape index (κ1) is 11.7. The van der Waals surface area contributed by atoms with Gasteiger partial charge in [0.25, 0.3) is 0 Å². The topological polar surface area (TPSA) is 35.5 Å². The van der Waals surface area contributed by atoms with Crippen LogP contribution in [0.1, 0.15) is 27.7 Å². The highest BCUT2D eigenvalue weighted by molar-refractivity contribution is 5.86. The number of methoxy groups -OCH3 is 1. The van der Waals surface area contributed by atoms with Gasteiger partial charge in [0.05, 0.1) is 24.7 Å². The zero-order valence-electron chi connectivity index (χ0n) is 9.66. The zero-order chi connectivity index (χ0) is 10.9. The van der Waals surface area contributed by atoms with Gasteiger partial charge in [-0.2, -0.15) is 0 Å². The lowest BCUT2D eigenvalue weighted by Gasteiger charge is -2.24. The fraction of sp³-hybridized carbons (Fsp3) is 0.909. The summed E-state index contributed by atoms with van der Waals surface area (Å²) in [6.45, 7) is 8.25.